The molecule has 0 spiro atoms. The third-order valence-corrected chi connectivity index (χ3v) is 6.05. The Kier molecular flexibility index (Phi) is 6.28. The number of fused-ring (bicyclic) bond motifs is 2. The van der Waals surface area contributed by atoms with Crippen LogP contribution in [0.15, 0.2) is 63.8 Å². The third kappa shape index (κ3) is 4.65. The van der Waals surface area contributed by atoms with E-state index in [4.69, 9.17) is 23.4 Å². The van der Waals surface area contributed by atoms with E-state index in [1.165, 1.54) is 25.3 Å². The number of methoxy groups -OCH3 is 1. The molecule has 5 rings (SSSR count). The van der Waals surface area contributed by atoms with Crippen molar-refractivity contribution in [1.29, 1.82) is 0 Å². The van der Waals surface area contributed by atoms with Gasteiger partial charge in [-0.2, -0.15) is 13.2 Å². The van der Waals surface area contributed by atoms with E-state index >= 15 is 0 Å². The number of nitrogens with one attached hydrogen (secondary N) is 1. The number of hydrogen-bond acceptors (Lipinski definition) is 8. The molecule has 2 aliphatic rings. The molecule has 3 aromatic rings. The molecule has 3 unspecified atom stereocenters. The van der Waals surface area contributed by atoms with Crippen LogP contribution < -0.4 is 10.9 Å². The Balaban J connectivity index is 1.41. The molecule has 2 fully saturated rings. The average molecular weight is 493 g/mol. The summed E-state index contributed by atoms with van der Waals surface area (Å²) in [7, 11) is 1.40. The van der Waals surface area contributed by atoms with Crippen molar-refractivity contribution in [3.63, 3.8) is 0 Å². The summed E-state index contributed by atoms with van der Waals surface area (Å²) in [5.41, 5.74) is -1.39. The number of aliphatic hydroxyl groups excluding tert-OH is 1. The fourth-order valence-corrected chi connectivity index (χ4v) is 4.41. The summed E-state index contributed by atoms with van der Waals surface area (Å²) < 4.78 is 68.1. The van der Waals surface area contributed by atoms with Crippen LogP contribution in [0.1, 0.15) is 17.4 Å². The minimum absolute atomic E-state index is 0.162. The molecule has 8 nitrogen and oxygen atoms in total. The molecule has 11 heteroatoms. The first-order chi connectivity index (χ1) is 16.7. The highest BCUT2D eigenvalue weighted by atomic mass is 19.4. The van der Waals surface area contributed by atoms with Gasteiger partial charge in [0.2, 0.25) is 0 Å². The van der Waals surface area contributed by atoms with Gasteiger partial charge in [0.25, 0.3) is 0 Å². The molecule has 2 aromatic carbocycles. The van der Waals surface area contributed by atoms with Gasteiger partial charge < -0.3 is 33.8 Å². The molecule has 2 N–H and O–H groups in total. The standard InChI is InChI=1S/C24H22F3NO7/c1-31-23-19(20(30)21-17(34-23)11-32-22(35-21)12-5-3-2-4-6-12)28-13-7-8-14-15(24(25,26)27)10-18(29)33-16(14)9-13/h2-10,17,19-23,28,30H,11H2,1H3/t17?,19-,20?,21+,22?,23-/m0/s1. The largest absolute Gasteiger partial charge is 0.423 e. The highest BCUT2D eigenvalue weighted by molar-refractivity contribution is 5.84. The van der Waals surface area contributed by atoms with Crippen LogP contribution in [-0.2, 0) is 25.1 Å². The van der Waals surface area contributed by atoms with Crippen molar-refractivity contribution in [3.05, 3.63) is 76.1 Å². The van der Waals surface area contributed by atoms with Crippen LogP contribution in [0.5, 0.6) is 0 Å². The van der Waals surface area contributed by atoms with Gasteiger partial charge in [0.15, 0.2) is 12.6 Å². The van der Waals surface area contributed by atoms with Crippen LogP contribution in [0.4, 0.5) is 18.9 Å². The molecule has 6 atom stereocenters. The summed E-state index contributed by atoms with van der Waals surface area (Å²) in [5, 5.41) is 13.9. The number of alkyl halides is 3. The van der Waals surface area contributed by atoms with Gasteiger partial charge in [0.1, 0.15) is 29.9 Å². The van der Waals surface area contributed by atoms with Gasteiger partial charge in [0.05, 0.1) is 12.2 Å². The number of ether oxygens (including phenoxy) is 4. The lowest BCUT2D eigenvalue weighted by Crippen LogP contribution is -2.64. The summed E-state index contributed by atoms with van der Waals surface area (Å²) in [4.78, 5) is 11.7. The van der Waals surface area contributed by atoms with Crippen molar-refractivity contribution in [2.75, 3.05) is 19.0 Å². The molecular formula is C24H22F3NO7. The average Bonchev–Trinajstić information content (AvgIpc) is 2.84. The number of anilines is 1. The van der Waals surface area contributed by atoms with Gasteiger partial charge in [-0.05, 0) is 12.1 Å². The quantitative estimate of drug-likeness (QED) is 0.534. The monoisotopic (exact) mass is 493 g/mol. The van der Waals surface area contributed by atoms with E-state index in [-0.39, 0.29) is 17.6 Å². The highest BCUT2D eigenvalue weighted by Crippen LogP contribution is 2.37. The van der Waals surface area contributed by atoms with Gasteiger partial charge in [-0.25, -0.2) is 4.79 Å². The Morgan fingerprint density at radius 3 is 2.57 bits per heavy atom. The SMILES string of the molecule is CO[C@H]1OC2COC(c3ccccc3)O[C@H]2C(O)[C@@H]1Nc1ccc2c(C(F)(F)F)cc(=O)oc2c1. The predicted octanol–water partition coefficient (Wildman–Crippen LogP) is 3.44. The van der Waals surface area contributed by atoms with E-state index in [0.717, 1.165) is 5.56 Å². The number of benzene rings is 2. The van der Waals surface area contributed by atoms with E-state index in [1.807, 2.05) is 30.3 Å². The lowest BCUT2D eigenvalue weighted by Gasteiger charge is -2.47. The second kappa shape index (κ2) is 9.25. The van der Waals surface area contributed by atoms with Gasteiger partial charge in [0, 0.05) is 35.9 Å². The van der Waals surface area contributed by atoms with Crippen LogP contribution >= 0.6 is 0 Å². The smallest absolute Gasteiger partial charge is 0.417 e. The molecular weight excluding hydrogens is 471 g/mol. The molecule has 3 heterocycles. The summed E-state index contributed by atoms with van der Waals surface area (Å²) in [6, 6.07) is 12.6. The summed E-state index contributed by atoms with van der Waals surface area (Å²) in [5.74, 6) is 0. The Morgan fingerprint density at radius 2 is 1.86 bits per heavy atom. The van der Waals surface area contributed by atoms with Crippen molar-refractivity contribution < 1.29 is 41.6 Å². The Hall–Kier alpha value is -2.96. The van der Waals surface area contributed by atoms with E-state index in [9.17, 15) is 23.1 Å². The zero-order chi connectivity index (χ0) is 24.7. The lowest BCUT2D eigenvalue weighted by atomic mass is 9.95. The first-order valence-corrected chi connectivity index (χ1v) is 10.8. The van der Waals surface area contributed by atoms with Crippen LogP contribution in [0.2, 0.25) is 0 Å². The Bertz CT molecular complexity index is 1250. The molecule has 2 saturated heterocycles. The summed E-state index contributed by atoms with van der Waals surface area (Å²) in [6.45, 7) is 0.162. The van der Waals surface area contributed by atoms with Crippen LogP contribution in [-0.4, -0.2) is 49.5 Å². The molecule has 0 aliphatic carbocycles. The predicted molar refractivity (Wildman–Crippen MR) is 117 cm³/mol. The zero-order valence-corrected chi connectivity index (χ0v) is 18.4. The number of halogens is 3. The second-order valence-electron chi connectivity index (χ2n) is 8.30. The maximum Gasteiger partial charge on any atom is 0.417 e. The molecule has 0 bridgehead atoms. The minimum atomic E-state index is -4.72. The molecule has 35 heavy (non-hydrogen) atoms. The van der Waals surface area contributed by atoms with Crippen molar-refractivity contribution in [2.24, 2.45) is 0 Å². The van der Waals surface area contributed by atoms with Gasteiger partial charge in [-0.3, -0.25) is 0 Å². The van der Waals surface area contributed by atoms with Crippen molar-refractivity contribution >= 4 is 16.7 Å². The van der Waals surface area contributed by atoms with Crippen molar-refractivity contribution in [1.82, 2.24) is 0 Å². The number of hydrogen-bond donors (Lipinski definition) is 2. The van der Waals surface area contributed by atoms with Crippen molar-refractivity contribution in [2.45, 2.75) is 43.1 Å². The normalized spacial score (nSPS) is 29.1. The van der Waals surface area contributed by atoms with E-state index < -0.39 is 54.3 Å². The van der Waals surface area contributed by atoms with E-state index in [2.05, 4.69) is 5.32 Å². The van der Waals surface area contributed by atoms with Gasteiger partial charge in [-0.1, -0.05) is 30.3 Å². The zero-order valence-electron chi connectivity index (χ0n) is 18.4. The third-order valence-electron chi connectivity index (χ3n) is 6.05. The molecule has 0 radical (unpaired) electrons. The van der Waals surface area contributed by atoms with E-state index in [1.54, 1.807) is 0 Å². The first kappa shape index (κ1) is 23.8. The molecule has 0 amide bonds. The molecule has 0 saturated carbocycles. The van der Waals surface area contributed by atoms with Crippen LogP contribution in [0, 0.1) is 0 Å². The Labute approximate surface area is 197 Å². The van der Waals surface area contributed by atoms with E-state index in [0.29, 0.717) is 11.8 Å². The fraction of sp³-hybridized carbons (Fsp3) is 0.375. The molecule has 186 valence electrons. The number of aliphatic hydroxyl groups is 1. The minimum Gasteiger partial charge on any atom is -0.423 e. The summed E-state index contributed by atoms with van der Waals surface area (Å²) >= 11 is 0. The van der Waals surface area contributed by atoms with Crippen LogP contribution in [0.3, 0.4) is 0 Å². The van der Waals surface area contributed by atoms with Gasteiger partial charge in [-0.15, -0.1) is 0 Å². The number of rotatable bonds is 4. The maximum atomic E-state index is 13.3. The fourth-order valence-electron chi connectivity index (χ4n) is 4.41. The van der Waals surface area contributed by atoms with Gasteiger partial charge >= 0.3 is 11.8 Å². The maximum absolute atomic E-state index is 13.3. The second-order valence-corrected chi connectivity index (χ2v) is 8.30. The Morgan fingerprint density at radius 1 is 1.09 bits per heavy atom. The lowest BCUT2D eigenvalue weighted by molar-refractivity contribution is -0.337. The molecule has 1 aromatic heterocycles. The topological polar surface area (TPSA) is 99.4 Å². The molecule has 2 aliphatic heterocycles. The first-order valence-electron chi connectivity index (χ1n) is 10.8. The summed E-state index contributed by atoms with van der Waals surface area (Å²) in [6.07, 6.45) is -8.84. The highest BCUT2D eigenvalue weighted by Gasteiger charge is 2.49. The van der Waals surface area contributed by atoms with Crippen molar-refractivity contribution in [3.8, 4) is 0 Å². The van der Waals surface area contributed by atoms with Crippen LogP contribution in [0.25, 0.3) is 11.0 Å².